The molecule has 3 aromatic rings. The maximum Gasteiger partial charge on any atom is 0.265 e. The van der Waals surface area contributed by atoms with Gasteiger partial charge in [0.05, 0.1) is 4.90 Å². The maximum absolute atomic E-state index is 13.0. The van der Waals surface area contributed by atoms with E-state index < -0.39 is 15.9 Å². The Morgan fingerprint density at radius 1 is 0.966 bits per heavy atom. The highest BCUT2D eigenvalue weighted by atomic mass is 32.2. The fourth-order valence-corrected chi connectivity index (χ4v) is 4.07. The van der Waals surface area contributed by atoms with Crippen molar-refractivity contribution in [3.05, 3.63) is 83.9 Å². The summed E-state index contributed by atoms with van der Waals surface area (Å²) >= 11 is 0. The third kappa shape index (κ3) is 5.12. The summed E-state index contributed by atoms with van der Waals surface area (Å²) in [6.07, 6.45) is 4.45. The molecule has 0 saturated heterocycles. The molecule has 0 heterocycles. The quantitative estimate of drug-likeness (QED) is 0.431. The van der Waals surface area contributed by atoms with Crippen molar-refractivity contribution >= 4 is 32.3 Å². The number of allylic oxidation sites excluding steroid dienone is 1. The number of amides is 1. The first-order valence-electron chi connectivity index (χ1n) is 9.74. The van der Waals surface area contributed by atoms with Gasteiger partial charge < -0.3 is 0 Å². The van der Waals surface area contributed by atoms with Gasteiger partial charge in [0.1, 0.15) is 0 Å². The van der Waals surface area contributed by atoms with Crippen molar-refractivity contribution in [2.45, 2.75) is 38.0 Å². The molecule has 0 aromatic heterocycles. The van der Waals surface area contributed by atoms with Crippen LogP contribution in [0.4, 0.5) is 0 Å². The number of sulfonamides is 1. The van der Waals surface area contributed by atoms with Gasteiger partial charge in [-0.2, -0.15) is 0 Å². The van der Waals surface area contributed by atoms with Crippen LogP contribution in [0.5, 0.6) is 0 Å². The number of hydrogen-bond donors (Lipinski definition) is 1. The summed E-state index contributed by atoms with van der Waals surface area (Å²) < 4.78 is 27.6. The number of nitrogens with one attached hydrogen (secondary N) is 1. The summed E-state index contributed by atoms with van der Waals surface area (Å²) in [6.45, 7) is 3.95. The first-order valence-corrected chi connectivity index (χ1v) is 11.2. The van der Waals surface area contributed by atoms with Crippen LogP contribution in [0.3, 0.4) is 0 Å². The lowest BCUT2D eigenvalue weighted by atomic mass is 9.99. The van der Waals surface area contributed by atoms with Crippen molar-refractivity contribution < 1.29 is 13.2 Å². The first-order chi connectivity index (χ1) is 13.9. The number of rotatable bonds is 7. The van der Waals surface area contributed by atoms with Gasteiger partial charge >= 0.3 is 0 Å². The van der Waals surface area contributed by atoms with Crippen LogP contribution in [0, 0.1) is 6.92 Å². The van der Waals surface area contributed by atoms with E-state index in [4.69, 9.17) is 0 Å². The average Bonchev–Trinajstić information content (AvgIpc) is 2.71. The first kappa shape index (κ1) is 20.8. The number of carbonyl (C=O) groups excluding carboxylic acids is 1. The van der Waals surface area contributed by atoms with E-state index in [-0.39, 0.29) is 4.90 Å². The lowest BCUT2D eigenvalue weighted by Crippen LogP contribution is -2.31. The van der Waals surface area contributed by atoms with Crippen LogP contribution in [0.15, 0.2) is 77.7 Å². The zero-order valence-electron chi connectivity index (χ0n) is 16.7. The van der Waals surface area contributed by atoms with E-state index >= 15 is 0 Å². The number of carbonyl (C=O) groups is 1. The Morgan fingerprint density at radius 3 is 2.34 bits per heavy atom. The van der Waals surface area contributed by atoms with Gasteiger partial charge in [-0.1, -0.05) is 79.9 Å². The van der Waals surface area contributed by atoms with Crippen LogP contribution in [0.25, 0.3) is 16.3 Å². The van der Waals surface area contributed by atoms with Crippen molar-refractivity contribution in [1.82, 2.24) is 4.72 Å². The Morgan fingerprint density at radius 2 is 1.66 bits per heavy atom. The monoisotopic (exact) mass is 407 g/mol. The molecule has 0 spiro atoms. The Labute approximate surface area is 172 Å². The minimum absolute atomic E-state index is 0.0721. The molecule has 0 bridgehead atoms. The molecule has 3 rings (SSSR count). The molecule has 0 saturated carbocycles. The predicted molar refractivity (Wildman–Crippen MR) is 118 cm³/mol. The Kier molecular flexibility index (Phi) is 6.49. The standard InChI is InChI=1S/C24H25NO3S/c1-3-4-5-10-23(21-14-13-19-8-6-7-9-20(19)17-21)24(26)25-29(27,28)22-15-11-18(2)12-16-22/h6-17H,3-5H2,1-2H3,(H,25,26)/b23-10+. The van der Waals surface area contributed by atoms with Gasteiger partial charge in [0.25, 0.3) is 15.9 Å². The molecule has 4 nitrogen and oxygen atoms in total. The van der Waals surface area contributed by atoms with Crippen LogP contribution in [-0.4, -0.2) is 14.3 Å². The second-order valence-corrected chi connectivity index (χ2v) is 8.75. The topological polar surface area (TPSA) is 63.2 Å². The molecule has 3 aromatic carbocycles. The van der Waals surface area contributed by atoms with Gasteiger partial charge in [0.2, 0.25) is 0 Å². The molecule has 0 aliphatic heterocycles. The van der Waals surface area contributed by atoms with Crippen molar-refractivity contribution in [1.29, 1.82) is 0 Å². The highest BCUT2D eigenvalue weighted by Crippen LogP contribution is 2.23. The molecule has 0 aliphatic rings. The van der Waals surface area contributed by atoms with E-state index in [0.717, 1.165) is 29.2 Å². The van der Waals surface area contributed by atoms with E-state index in [1.165, 1.54) is 12.1 Å². The van der Waals surface area contributed by atoms with Gasteiger partial charge in [-0.25, -0.2) is 13.1 Å². The van der Waals surface area contributed by atoms with Crippen LogP contribution >= 0.6 is 0 Å². The van der Waals surface area contributed by atoms with E-state index in [2.05, 4.69) is 11.6 Å². The zero-order valence-corrected chi connectivity index (χ0v) is 17.5. The number of unbranched alkanes of at least 4 members (excludes halogenated alkanes) is 2. The lowest BCUT2D eigenvalue weighted by molar-refractivity contribution is -0.114. The third-order valence-electron chi connectivity index (χ3n) is 4.77. The lowest BCUT2D eigenvalue weighted by Gasteiger charge is -2.12. The summed E-state index contributed by atoms with van der Waals surface area (Å²) in [5.41, 5.74) is 2.03. The van der Waals surface area contributed by atoms with Crippen molar-refractivity contribution in [3.63, 3.8) is 0 Å². The van der Waals surface area contributed by atoms with E-state index in [9.17, 15) is 13.2 Å². The van der Waals surface area contributed by atoms with Crippen molar-refractivity contribution in [3.8, 4) is 0 Å². The predicted octanol–water partition coefficient (Wildman–Crippen LogP) is 5.23. The number of aryl methyl sites for hydroxylation is 1. The number of hydrogen-bond acceptors (Lipinski definition) is 3. The second-order valence-electron chi connectivity index (χ2n) is 7.07. The summed E-state index contributed by atoms with van der Waals surface area (Å²) in [5, 5.41) is 2.07. The van der Waals surface area contributed by atoms with Crippen LogP contribution < -0.4 is 4.72 Å². The fraction of sp³-hybridized carbons (Fsp3) is 0.208. The Balaban J connectivity index is 1.94. The SMILES string of the molecule is CCCC/C=C(/C(=O)NS(=O)(=O)c1ccc(C)cc1)c1ccc2ccccc2c1. The largest absolute Gasteiger partial charge is 0.268 e. The highest BCUT2D eigenvalue weighted by Gasteiger charge is 2.21. The minimum Gasteiger partial charge on any atom is -0.268 e. The molecule has 150 valence electrons. The van der Waals surface area contributed by atoms with Gasteiger partial charge in [-0.15, -0.1) is 0 Å². The van der Waals surface area contributed by atoms with E-state index in [0.29, 0.717) is 17.6 Å². The highest BCUT2D eigenvalue weighted by molar-refractivity contribution is 7.90. The third-order valence-corrected chi connectivity index (χ3v) is 6.12. The van der Waals surface area contributed by atoms with Crippen LogP contribution in [0.1, 0.15) is 37.3 Å². The summed E-state index contributed by atoms with van der Waals surface area (Å²) in [4.78, 5) is 13.0. The van der Waals surface area contributed by atoms with Crippen LogP contribution in [0.2, 0.25) is 0 Å². The molecule has 0 radical (unpaired) electrons. The van der Waals surface area contributed by atoms with E-state index in [1.807, 2.05) is 55.5 Å². The molecular weight excluding hydrogens is 382 g/mol. The molecule has 29 heavy (non-hydrogen) atoms. The van der Waals surface area contributed by atoms with Crippen LogP contribution in [-0.2, 0) is 14.8 Å². The molecule has 0 unspecified atom stereocenters. The maximum atomic E-state index is 13.0. The smallest absolute Gasteiger partial charge is 0.265 e. The van der Waals surface area contributed by atoms with Crippen molar-refractivity contribution in [2.75, 3.05) is 0 Å². The summed E-state index contributed by atoms with van der Waals surface area (Å²) in [6, 6.07) is 20.0. The molecule has 1 N–H and O–H groups in total. The van der Waals surface area contributed by atoms with E-state index in [1.54, 1.807) is 12.1 Å². The average molecular weight is 408 g/mol. The molecule has 0 atom stereocenters. The van der Waals surface area contributed by atoms with Gasteiger partial charge in [0.15, 0.2) is 0 Å². The second kappa shape index (κ2) is 9.05. The fourth-order valence-electron chi connectivity index (χ4n) is 3.10. The molecule has 0 fully saturated rings. The van der Waals surface area contributed by atoms with Gasteiger partial charge in [-0.05, 0) is 47.9 Å². The number of fused-ring (bicyclic) bond motifs is 1. The Bertz CT molecular complexity index is 1150. The summed E-state index contributed by atoms with van der Waals surface area (Å²) in [5.74, 6) is -0.614. The van der Waals surface area contributed by atoms with Gasteiger partial charge in [-0.3, -0.25) is 4.79 Å². The molecule has 1 amide bonds. The van der Waals surface area contributed by atoms with Gasteiger partial charge in [0, 0.05) is 5.57 Å². The molecule has 0 aliphatic carbocycles. The molecule has 5 heteroatoms. The normalized spacial score (nSPS) is 12.1. The van der Waals surface area contributed by atoms with Crippen molar-refractivity contribution in [2.24, 2.45) is 0 Å². The summed E-state index contributed by atoms with van der Waals surface area (Å²) in [7, 11) is -3.94. The Hall–Kier alpha value is -2.92. The zero-order chi connectivity index (χ0) is 20.9. The molecular formula is C24H25NO3S. The minimum atomic E-state index is -3.94. The number of benzene rings is 3.